The molecule has 11 heavy (non-hydrogen) atoms. The highest BCUT2D eigenvalue weighted by atomic mass is 79.9. The molecular formula is C7H8BrNO2. The largest absolute Gasteiger partial charge is 0.478 e. The van der Waals surface area contributed by atoms with Gasteiger partial charge in [-0.15, -0.1) is 0 Å². The van der Waals surface area contributed by atoms with Crippen LogP contribution in [0.3, 0.4) is 0 Å². The third kappa shape index (κ3) is 2.32. The Morgan fingerprint density at radius 1 is 1.36 bits per heavy atom. The molecule has 1 aromatic carbocycles. The molecule has 60 valence electrons. The minimum Gasteiger partial charge on any atom is -0.478 e. The van der Waals surface area contributed by atoms with E-state index in [1.54, 1.807) is 24.3 Å². The van der Waals surface area contributed by atoms with E-state index >= 15 is 0 Å². The maximum absolute atomic E-state index is 10.4. The highest BCUT2D eigenvalue weighted by molar-refractivity contribution is 9.10. The number of rotatable bonds is 1. The van der Waals surface area contributed by atoms with Crippen molar-refractivity contribution in [2.75, 3.05) is 0 Å². The third-order valence-corrected chi connectivity index (χ3v) is 1.80. The average Bonchev–Trinajstić information content (AvgIpc) is 1.88. The Morgan fingerprint density at radius 3 is 2.27 bits per heavy atom. The van der Waals surface area contributed by atoms with Crippen molar-refractivity contribution in [3.8, 4) is 0 Å². The van der Waals surface area contributed by atoms with E-state index in [1.807, 2.05) is 0 Å². The predicted molar refractivity (Wildman–Crippen MR) is 46.1 cm³/mol. The number of halogens is 1. The number of hydrogen-bond acceptors (Lipinski definition) is 2. The topological polar surface area (TPSA) is 72.3 Å². The first-order valence-corrected chi connectivity index (χ1v) is 3.49. The average molecular weight is 218 g/mol. The molecule has 4 heteroatoms. The van der Waals surface area contributed by atoms with Crippen LogP contribution in [0.4, 0.5) is 0 Å². The van der Waals surface area contributed by atoms with Gasteiger partial charge in [0, 0.05) is 4.47 Å². The lowest BCUT2D eigenvalue weighted by Gasteiger charge is -1.94. The number of carboxylic acids is 1. The van der Waals surface area contributed by atoms with E-state index in [2.05, 4.69) is 15.9 Å². The molecular weight excluding hydrogens is 210 g/mol. The fourth-order valence-corrected chi connectivity index (χ4v) is 1.09. The van der Waals surface area contributed by atoms with Crippen LogP contribution in [0, 0.1) is 0 Å². The van der Waals surface area contributed by atoms with E-state index in [4.69, 9.17) is 5.11 Å². The molecule has 1 rings (SSSR count). The standard InChI is InChI=1S/C7H5BrO2.H3N/c8-6-4-2-1-3-5(6)7(9)10;/h1-4H,(H,9,10);1H3. The summed E-state index contributed by atoms with van der Waals surface area (Å²) in [5.41, 5.74) is 0.294. The Kier molecular flexibility index (Phi) is 3.78. The second kappa shape index (κ2) is 4.10. The van der Waals surface area contributed by atoms with Gasteiger partial charge >= 0.3 is 5.97 Å². The first-order chi connectivity index (χ1) is 4.72. The summed E-state index contributed by atoms with van der Waals surface area (Å²) in [5, 5.41) is 8.54. The fourth-order valence-electron chi connectivity index (χ4n) is 0.635. The van der Waals surface area contributed by atoms with Crippen LogP contribution in [0.25, 0.3) is 0 Å². The number of benzene rings is 1. The molecule has 0 bridgehead atoms. The van der Waals surface area contributed by atoms with Crippen molar-refractivity contribution in [2.45, 2.75) is 0 Å². The molecule has 0 aliphatic carbocycles. The van der Waals surface area contributed by atoms with Crippen molar-refractivity contribution >= 4 is 21.9 Å². The van der Waals surface area contributed by atoms with Gasteiger partial charge in [-0.1, -0.05) is 12.1 Å². The summed E-state index contributed by atoms with van der Waals surface area (Å²) in [6, 6.07) is 6.71. The molecule has 0 unspecified atom stereocenters. The van der Waals surface area contributed by atoms with Gasteiger partial charge in [-0.3, -0.25) is 0 Å². The summed E-state index contributed by atoms with van der Waals surface area (Å²) in [6.07, 6.45) is 0. The lowest BCUT2D eigenvalue weighted by Crippen LogP contribution is -1.95. The van der Waals surface area contributed by atoms with Gasteiger partial charge in [0.2, 0.25) is 0 Å². The third-order valence-electron chi connectivity index (χ3n) is 1.10. The summed E-state index contributed by atoms with van der Waals surface area (Å²) >= 11 is 3.12. The molecule has 0 aliphatic heterocycles. The van der Waals surface area contributed by atoms with Crippen LogP contribution >= 0.6 is 15.9 Å². The zero-order chi connectivity index (χ0) is 7.56. The van der Waals surface area contributed by atoms with Crippen molar-refractivity contribution in [3.63, 3.8) is 0 Å². The summed E-state index contributed by atoms with van der Waals surface area (Å²) in [4.78, 5) is 10.4. The monoisotopic (exact) mass is 217 g/mol. The minimum atomic E-state index is -0.910. The van der Waals surface area contributed by atoms with Gasteiger partial charge in [-0.05, 0) is 28.1 Å². The van der Waals surface area contributed by atoms with E-state index in [0.29, 0.717) is 10.0 Å². The normalized spacial score (nSPS) is 8.45. The summed E-state index contributed by atoms with van der Waals surface area (Å²) < 4.78 is 0.613. The molecule has 0 saturated heterocycles. The summed E-state index contributed by atoms with van der Waals surface area (Å²) in [6.45, 7) is 0. The molecule has 0 atom stereocenters. The Morgan fingerprint density at radius 2 is 1.91 bits per heavy atom. The molecule has 0 heterocycles. The lowest BCUT2D eigenvalue weighted by molar-refractivity contribution is 0.0696. The second-order valence-electron chi connectivity index (χ2n) is 1.78. The van der Waals surface area contributed by atoms with Crippen LogP contribution in [0.1, 0.15) is 10.4 Å². The van der Waals surface area contributed by atoms with Crippen molar-refractivity contribution in [1.29, 1.82) is 0 Å². The van der Waals surface area contributed by atoms with Crippen molar-refractivity contribution < 1.29 is 9.90 Å². The number of hydrogen-bond donors (Lipinski definition) is 2. The molecule has 0 aliphatic rings. The molecule has 1 aromatic rings. The van der Waals surface area contributed by atoms with E-state index in [0.717, 1.165) is 0 Å². The van der Waals surface area contributed by atoms with Crippen molar-refractivity contribution in [1.82, 2.24) is 6.15 Å². The number of carbonyl (C=O) groups is 1. The van der Waals surface area contributed by atoms with E-state index in [9.17, 15) is 4.79 Å². The van der Waals surface area contributed by atoms with Crippen molar-refractivity contribution in [2.24, 2.45) is 0 Å². The van der Waals surface area contributed by atoms with Crippen LogP contribution in [0.15, 0.2) is 28.7 Å². The van der Waals surface area contributed by atoms with Gasteiger partial charge in [0.25, 0.3) is 0 Å². The Balaban J connectivity index is 0.000001000. The van der Waals surface area contributed by atoms with Crippen LogP contribution in [-0.2, 0) is 0 Å². The van der Waals surface area contributed by atoms with Gasteiger partial charge in [0.1, 0.15) is 0 Å². The molecule has 0 aromatic heterocycles. The van der Waals surface area contributed by atoms with E-state index < -0.39 is 5.97 Å². The SMILES string of the molecule is N.O=C(O)c1ccccc1Br. The molecule has 0 spiro atoms. The molecule has 0 saturated carbocycles. The fraction of sp³-hybridized carbons (Fsp3) is 0. The van der Waals surface area contributed by atoms with Crippen LogP contribution in [0.2, 0.25) is 0 Å². The molecule has 3 nitrogen and oxygen atoms in total. The van der Waals surface area contributed by atoms with Gasteiger partial charge in [-0.25, -0.2) is 4.79 Å². The summed E-state index contributed by atoms with van der Waals surface area (Å²) in [7, 11) is 0. The smallest absolute Gasteiger partial charge is 0.336 e. The Hall–Kier alpha value is -0.870. The first-order valence-electron chi connectivity index (χ1n) is 2.69. The zero-order valence-electron chi connectivity index (χ0n) is 5.75. The molecule has 0 amide bonds. The van der Waals surface area contributed by atoms with Gasteiger partial charge in [0.15, 0.2) is 0 Å². The van der Waals surface area contributed by atoms with Gasteiger partial charge < -0.3 is 11.3 Å². The lowest BCUT2D eigenvalue weighted by atomic mass is 10.2. The van der Waals surface area contributed by atoms with Gasteiger partial charge in [0.05, 0.1) is 5.56 Å². The maximum Gasteiger partial charge on any atom is 0.336 e. The van der Waals surface area contributed by atoms with Gasteiger partial charge in [-0.2, -0.15) is 0 Å². The predicted octanol–water partition coefficient (Wildman–Crippen LogP) is 2.31. The number of carboxylic acid groups (broad SMARTS) is 1. The van der Waals surface area contributed by atoms with E-state index in [-0.39, 0.29) is 6.15 Å². The zero-order valence-corrected chi connectivity index (χ0v) is 7.34. The minimum absolute atomic E-state index is 0. The molecule has 4 N–H and O–H groups in total. The van der Waals surface area contributed by atoms with Crippen LogP contribution in [-0.4, -0.2) is 11.1 Å². The summed E-state index contributed by atoms with van der Waals surface area (Å²) in [5.74, 6) is -0.910. The molecule has 0 fully saturated rings. The highest BCUT2D eigenvalue weighted by Crippen LogP contribution is 2.14. The number of aromatic carboxylic acids is 1. The van der Waals surface area contributed by atoms with Crippen LogP contribution < -0.4 is 6.15 Å². The first kappa shape index (κ1) is 10.1. The highest BCUT2D eigenvalue weighted by Gasteiger charge is 2.04. The van der Waals surface area contributed by atoms with Crippen molar-refractivity contribution in [3.05, 3.63) is 34.3 Å². The quantitative estimate of drug-likeness (QED) is 0.759. The van der Waals surface area contributed by atoms with E-state index in [1.165, 1.54) is 0 Å². The Bertz CT molecular complexity index is 262. The van der Waals surface area contributed by atoms with Crippen LogP contribution in [0.5, 0.6) is 0 Å². The second-order valence-corrected chi connectivity index (χ2v) is 2.64. The Labute approximate surface area is 72.8 Å². The molecule has 0 radical (unpaired) electrons. The maximum atomic E-state index is 10.4.